The fourth-order valence-corrected chi connectivity index (χ4v) is 2.10. The Morgan fingerprint density at radius 3 is 2.30 bits per heavy atom. The Hall–Kier alpha value is -2.27. The number of benzene rings is 1. The number of hydrogen-bond donors (Lipinski definition) is 2. The summed E-state index contributed by atoms with van der Waals surface area (Å²) in [6, 6.07) is 6.03. The third kappa shape index (κ3) is 2.40. The van der Waals surface area contributed by atoms with Crippen molar-refractivity contribution in [1.29, 1.82) is 0 Å². The van der Waals surface area contributed by atoms with Gasteiger partial charge in [-0.1, -0.05) is 24.3 Å². The Kier molecular flexibility index (Phi) is 3.81. The van der Waals surface area contributed by atoms with E-state index in [9.17, 15) is 14.4 Å². The quantitative estimate of drug-likeness (QED) is 0.853. The fraction of sp³-hybridized carbons (Fsp3) is 0.267. The number of carbonyl (C=O) groups is 3. The monoisotopic (exact) mass is 272 g/mol. The van der Waals surface area contributed by atoms with Crippen LogP contribution in [0.3, 0.4) is 0 Å². The van der Waals surface area contributed by atoms with Crippen molar-refractivity contribution >= 4 is 17.5 Å². The molecule has 20 heavy (non-hydrogen) atoms. The van der Waals surface area contributed by atoms with E-state index in [2.05, 4.69) is 5.32 Å². The van der Waals surface area contributed by atoms with Gasteiger partial charge in [-0.05, 0) is 13.8 Å². The van der Waals surface area contributed by atoms with Crippen LogP contribution in [0.2, 0.25) is 0 Å². The molecule has 2 rings (SSSR count). The van der Waals surface area contributed by atoms with E-state index in [1.165, 1.54) is 0 Å². The number of amides is 1. The molecular weight excluding hydrogens is 256 g/mol. The second-order valence-corrected chi connectivity index (χ2v) is 4.81. The van der Waals surface area contributed by atoms with Crippen LogP contribution in [-0.2, 0) is 4.79 Å². The predicted octanol–water partition coefficient (Wildman–Crippen LogP) is 0.845. The second kappa shape index (κ2) is 5.38. The predicted molar refractivity (Wildman–Crippen MR) is 74.5 cm³/mol. The molecule has 0 spiro atoms. The second-order valence-electron chi connectivity index (χ2n) is 4.81. The first-order chi connectivity index (χ1) is 9.43. The summed E-state index contributed by atoms with van der Waals surface area (Å²) < 4.78 is 0. The van der Waals surface area contributed by atoms with E-state index in [4.69, 9.17) is 5.73 Å². The van der Waals surface area contributed by atoms with Gasteiger partial charge in [-0.15, -0.1) is 0 Å². The molecule has 0 saturated heterocycles. The highest BCUT2D eigenvalue weighted by Gasteiger charge is 2.29. The Labute approximate surface area is 116 Å². The van der Waals surface area contributed by atoms with Crippen molar-refractivity contribution in [3.8, 4) is 0 Å². The number of fused-ring (bicyclic) bond motifs is 1. The van der Waals surface area contributed by atoms with Crippen LogP contribution in [0, 0.1) is 0 Å². The molecule has 0 radical (unpaired) electrons. The van der Waals surface area contributed by atoms with Gasteiger partial charge in [0.15, 0.2) is 11.6 Å². The molecule has 1 aliphatic rings. The standard InChI is InChI=1S/C15H16N2O3/c1-8-12(7-17-15(20)9(2)16)14(19)11-6-4-3-5-10(11)13(8)18/h3-6,9H,7,16H2,1-2H3,(H,17,20)/t9-/m0/s1. The van der Waals surface area contributed by atoms with E-state index >= 15 is 0 Å². The molecule has 0 heterocycles. The summed E-state index contributed by atoms with van der Waals surface area (Å²) in [6.45, 7) is 3.17. The minimum atomic E-state index is -0.655. The van der Waals surface area contributed by atoms with Gasteiger partial charge in [0.05, 0.1) is 6.04 Å². The molecule has 0 aliphatic heterocycles. The minimum absolute atomic E-state index is 0.0190. The average Bonchev–Trinajstić information content (AvgIpc) is 2.44. The van der Waals surface area contributed by atoms with Crippen molar-refractivity contribution < 1.29 is 14.4 Å². The van der Waals surface area contributed by atoms with Crippen LogP contribution in [0.5, 0.6) is 0 Å². The normalized spacial score (nSPS) is 15.9. The summed E-state index contributed by atoms with van der Waals surface area (Å²) in [4.78, 5) is 36.0. The van der Waals surface area contributed by atoms with Gasteiger partial charge in [0, 0.05) is 28.8 Å². The maximum atomic E-state index is 12.4. The van der Waals surface area contributed by atoms with E-state index in [0.29, 0.717) is 22.3 Å². The van der Waals surface area contributed by atoms with Crippen LogP contribution in [0.4, 0.5) is 0 Å². The number of ketones is 2. The highest BCUT2D eigenvalue weighted by molar-refractivity contribution is 6.26. The zero-order valence-corrected chi connectivity index (χ0v) is 11.4. The summed E-state index contributed by atoms with van der Waals surface area (Å²) in [5.74, 6) is -0.752. The summed E-state index contributed by atoms with van der Waals surface area (Å²) in [7, 11) is 0. The van der Waals surface area contributed by atoms with E-state index in [-0.39, 0.29) is 24.0 Å². The van der Waals surface area contributed by atoms with Crippen LogP contribution in [0.1, 0.15) is 34.6 Å². The third-order valence-corrected chi connectivity index (χ3v) is 3.34. The van der Waals surface area contributed by atoms with Crippen molar-refractivity contribution in [2.24, 2.45) is 5.73 Å². The molecule has 0 fully saturated rings. The molecule has 104 valence electrons. The topological polar surface area (TPSA) is 89.3 Å². The van der Waals surface area contributed by atoms with Crippen LogP contribution in [-0.4, -0.2) is 30.1 Å². The Morgan fingerprint density at radius 2 is 1.75 bits per heavy atom. The lowest BCUT2D eigenvalue weighted by molar-refractivity contribution is -0.121. The van der Waals surface area contributed by atoms with E-state index in [0.717, 1.165) is 0 Å². The average molecular weight is 272 g/mol. The van der Waals surface area contributed by atoms with Gasteiger partial charge in [0.2, 0.25) is 5.91 Å². The van der Waals surface area contributed by atoms with Crippen LogP contribution < -0.4 is 11.1 Å². The highest BCUT2D eigenvalue weighted by atomic mass is 16.2. The Balaban J connectivity index is 2.30. The maximum absolute atomic E-state index is 12.4. The van der Waals surface area contributed by atoms with E-state index in [1.54, 1.807) is 38.1 Å². The number of allylic oxidation sites excluding steroid dienone is 1. The number of carbonyl (C=O) groups excluding carboxylic acids is 3. The van der Waals surface area contributed by atoms with Crippen molar-refractivity contribution in [2.45, 2.75) is 19.9 Å². The summed E-state index contributed by atoms with van der Waals surface area (Å²) in [5, 5.41) is 2.57. The van der Waals surface area contributed by atoms with Crippen molar-refractivity contribution in [3.63, 3.8) is 0 Å². The largest absolute Gasteiger partial charge is 0.351 e. The van der Waals surface area contributed by atoms with Gasteiger partial charge in [0.1, 0.15) is 0 Å². The van der Waals surface area contributed by atoms with Crippen LogP contribution in [0.15, 0.2) is 35.4 Å². The molecule has 3 N–H and O–H groups in total. The molecule has 5 nitrogen and oxygen atoms in total. The van der Waals surface area contributed by atoms with Gasteiger partial charge in [-0.2, -0.15) is 0 Å². The SMILES string of the molecule is CC1=C(CNC(=O)[C@H](C)N)C(=O)c2ccccc2C1=O. The molecule has 5 heteroatoms. The zero-order chi connectivity index (χ0) is 14.9. The Morgan fingerprint density at radius 1 is 1.20 bits per heavy atom. The highest BCUT2D eigenvalue weighted by Crippen LogP contribution is 2.25. The lowest BCUT2D eigenvalue weighted by Crippen LogP contribution is -2.40. The molecule has 1 amide bonds. The van der Waals surface area contributed by atoms with Gasteiger partial charge in [-0.25, -0.2) is 0 Å². The minimum Gasteiger partial charge on any atom is -0.351 e. The first-order valence-corrected chi connectivity index (χ1v) is 6.35. The zero-order valence-electron chi connectivity index (χ0n) is 11.4. The summed E-state index contributed by atoms with van der Waals surface area (Å²) >= 11 is 0. The van der Waals surface area contributed by atoms with Gasteiger partial charge < -0.3 is 11.1 Å². The first-order valence-electron chi connectivity index (χ1n) is 6.35. The fourth-order valence-electron chi connectivity index (χ4n) is 2.10. The molecule has 1 aliphatic carbocycles. The molecule has 1 aromatic rings. The van der Waals surface area contributed by atoms with Crippen LogP contribution in [0.25, 0.3) is 0 Å². The van der Waals surface area contributed by atoms with E-state index in [1.807, 2.05) is 0 Å². The molecule has 0 unspecified atom stereocenters. The van der Waals surface area contributed by atoms with Gasteiger partial charge >= 0.3 is 0 Å². The van der Waals surface area contributed by atoms with Crippen molar-refractivity contribution in [3.05, 3.63) is 46.5 Å². The number of Topliss-reactive ketones (excluding diaryl/α,β-unsaturated/α-hetero) is 2. The van der Waals surface area contributed by atoms with E-state index < -0.39 is 6.04 Å². The van der Waals surface area contributed by atoms with Crippen molar-refractivity contribution in [2.75, 3.05) is 6.54 Å². The number of nitrogens with two attached hydrogens (primary N) is 1. The first kappa shape index (κ1) is 14.1. The maximum Gasteiger partial charge on any atom is 0.236 e. The molecule has 1 aromatic carbocycles. The van der Waals surface area contributed by atoms with Crippen LogP contribution >= 0.6 is 0 Å². The van der Waals surface area contributed by atoms with Gasteiger partial charge in [0.25, 0.3) is 0 Å². The number of rotatable bonds is 3. The lowest BCUT2D eigenvalue weighted by atomic mass is 9.84. The Bertz CT molecular complexity index is 630. The summed E-state index contributed by atoms with van der Waals surface area (Å²) in [6.07, 6.45) is 0. The van der Waals surface area contributed by atoms with Gasteiger partial charge in [-0.3, -0.25) is 14.4 Å². The molecule has 1 atom stereocenters. The lowest BCUT2D eigenvalue weighted by Gasteiger charge is -2.19. The molecule has 0 bridgehead atoms. The number of nitrogens with one attached hydrogen (secondary N) is 1. The number of hydrogen-bond acceptors (Lipinski definition) is 4. The van der Waals surface area contributed by atoms with Crippen molar-refractivity contribution in [1.82, 2.24) is 5.32 Å². The molecule has 0 aromatic heterocycles. The molecular formula is C15H16N2O3. The molecule has 0 saturated carbocycles. The smallest absolute Gasteiger partial charge is 0.236 e. The third-order valence-electron chi connectivity index (χ3n) is 3.34. The summed E-state index contributed by atoms with van der Waals surface area (Å²) in [5.41, 5.74) is 6.94.